The van der Waals surface area contributed by atoms with Crippen LogP contribution in [0.2, 0.25) is 5.02 Å². The smallest absolute Gasteiger partial charge is 0.191 e. The van der Waals surface area contributed by atoms with Gasteiger partial charge in [-0.05, 0) is 31.5 Å². The zero-order valence-corrected chi connectivity index (χ0v) is 14.2. The van der Waals surface area contributed by atoms with Crippen LogP contribution in [0, 0.1) is 0 Å². The van der Waals surface area contributed by atoms with E-state index in [9.17, 15) is 0 Å². The van der Waals surface area contributed by atoms with Gasteiger partial charge in [-0.1, -0.05) is 17.7 Å². The summed E-state index contributed by atoms with van der Waals surface area (Å²) in [6.45, 7) is 10.1. The van der Waals surface area contributed by atoms with Crippen molar-refractivity contribution < 1.29 is 9.47 Å². The van der Waals surface area contributed by atoms with Gasteiger partial charge < -0.3 is 20.1 Å². The summed E-state index contributed by atoms with van der Waals surface area (Å²) in [6, 6.07) is 3.73. The number of hydrogen-bond acceptors (Lipinski definition) is 3. The monoisotopic (exact) mass is 325 g/mol. The lowest BCUT2D eigenvalue weighted by atomic mass is 10.2. The first-order valence-corrected chi connectivity index (χ1v) is 7.66. The van der Waals surface area contributed by atoms with Gasteiger partial charge >= 0.3 is 0 Å². The molecule has 22 heavy (non-hydrogen) atoms. The van der Waals surface area contributed by atoms with E-state index in [1.54, 1.807) is 13.2 Å². The highest BCUT2D eigenvalue weighted by atomic mass is 35.5. The molecule has 2 N–H and O–H groups in total. The Hall–Kier alpha value is -1.88. The third-order valence-corrected chi connectivity index (χ3v) is 3.04. The van der Waals surface area contributed by atoms with Crippen LogP contribution in [0.15, 0.2) is 29.8 Å². The van der Waals surface area contributed by atoms with Crippen LogP contribution in [0.1, 0.15) is 19.4 Å². The fourth-order valence-electron chi connectivity index (χ4n) is 1.83. The van der Waals surface area contributed by atoms with Gasteiger partial charge in [-0.25, -0.2) is 4.99 Å². The number of nitrogens with zero attached hydrogens (tertiary/aromatic N) is 1. The maximum Gasteiger partial charge on any atom is 0.191 e. The molecule has 0 amide bonds. The van der Waals surface area contributed by atoms with Gasteiger partial charge in [-0.15, -0.1) is 6.58 Å². The average Bonchev–Trinajstić information content (AvgIpc) is 2.52. The number of methoxy groups -OCH3 is 1. The van der Waals surface area contributed by atoms with Gasteiger partial charge in [-0.2, -0.15) is 0 Å². The lowest BCUT2D eigenvalue weighted by Gasteiger charge is -2.13. The largest absolute Gasteiger partial charge is 0.493 e. The summed E-state index contributed by atoms with van der Waals surface area (Å²) in [5.41, 5.74) is 0.945. The molecule has 0 bridgehead atoms. The second-order valence-electron chi connectivity index (χ2n) is 4.41. The van der Waals surface area contributed by atoms with Crippen molar-refractivity contribution in [1.29, 1.82) is 0 Å². The van der Waals surface area contributed by atoms with Crippen LogP contribution in [-0.2, 0) is 6.54 Å². The Bertz CT molecular complexity index is 518. The van der Waals surface area contributed by atoms with Crippen molar-refractivity contribution in [2.45, 2.75) is 20.4 Å². The van der Waals surface area contributed by atoms with Crippen LogP contribution in [0.3, 0.4) is 0 Å². The Kier molecular flexibility index (Phi) is 8.22. The molecule has 0 atom stereocenters. The fourth-order valence-corrected chi connectivity index (χ4v) is 2.12. The average molecular weight is 326 g/mol. The first-order chi connectivity index (χ1) is 10.7. The molecular formula is C16H24ClN3O2. The van der Waals surface area contributed by atoms with Gasteiger partial charge in [0.25, 0.3) is 0 Å². The molecule has 1 aromatic rings. The predicted octanol–water partition coefficient (Wildman–Crippen LogP) is 2.99. The second-order valence-corrected chi connectivity index (χ2v) is 4.81. The van der Waals surface area contributed by atoms with Gasteiger partial charge in [0.15, 0.2) is 17.5 Å². The van der Waals surface area contributed by atoms with Crippen molar-refractivity contribution in [1.82, 2.24) is 10.6 Å². The minimum atomic E-state index is 0.481. The third-order valence-electron chi connectivity index (χ3n) is 2.76. The first kappa shape index (κ1) is 18.2. The second kappa shape index (κ2) is 9.95. The Morgan fingerprint density at radius 1 is 1.36 bits per heavy atom. The lowest BCUT2D eigenvalue weighted by molar-refractivity contribution is 0.311. The van der Waals surface area contributed by atoms with Crippen LogP contribution in [-0.4, -0.2) is 32.8 Å². The van der Waals surface area contributed by atoms with Crippen molar-refractivity contribution in [3.8, 4) is 11.5 Å². The summed E-state index contributed by atoms with van der Waals surface area (Å²) in [5, 5.41) is 6.84. The van der Waals surface area contributed by atoms with Crippen LogP contribution in [0.5, 0.6) is 11.5 Å². The van der Waals surface area contributed by atoms with Crippen LogP contribution >= 0.6 is 11.6 Å². The first-order valence-electron chi connectivity index (χ1n) is 7.28. The summed E-state index contributed by atoms with van der Waals surface area (Å²) in [6.07, 6.45) is 1.78. The molecule has 0 aromatic heterocycles. The molecule has 6 heteroatoms. The van der Waals surface area contributed by atoms with Gasteiger partial charge in [0.1, 0.15) is 0 Å². The molecule has 0 unspecified atom stereocenters. The summed E-state index contributed by atoms with van der Waals surface area (Å²) >= 11 is 6.25. The standard InChI is InChI=1S/C16H24ClN3O2/c1-5-8-19-16(18-6-2)20-11-12-9-13(17)15(22-7-3)14(10-12)21-4/h5,9-10H,1,6-8,11H2,2-4H3,(H2,18,19,20). The number of guanidine groups is 1. The normalized spacial score (nSPS) is 11.0. The molecule has 0 aliphatic carbocycles. The number of benzene rings is 1. The van der Waals surface area contributed by atoms with E-state index < -0.39 is 0 Å². The molecule has 122 valence electrons. The molecule has 5 nitrogen and oxygen atoms in total. The number of halogens is 1. The fraction of sp³-hybridized carbons (Fsp3) is 0.438. The summed E-state index contributed by atoms with van der Waals surface area (Å²) < 4.78 is 10.8. The van der Waals surface area contributed by atoms with Crippen LogP contribution in [0.25, 0.3) is 0 Å². The molecule has 1 rings (SSSR count). The number of aliphatic imine (C=N–C) groups is 1. The molecule has 0 spiro atoms. The van der Waals surface area contributed by atoms with Crippen molar-refractivity contribution in [3.05, 3.63) is 35.4 Å². The Balaban J connectivity index is 2.91. The van der Waals surface area contributed by atoms with Gasteiger partial charge in [0.05, 0.1) is 25.3 Å². The molecule has 1 aromatic carbocycles. The molecule has 0 aliphatic rings. The number of hydrogen-bond donors (Lipinski definition) is 2. The number of ether oxygens (including phenoxy) is 2. The molecule has 0 radical (unpaired) electrons. The minimum Gasteiger partial charge on any atom is -0.493 e. The maximum atomic E-state index is 6.25. The molecule has 0 saturated heterocycles. The lowest BCUT2D eigenvalue weighted by Crippen LogP contribution is -2.37. The Morgan fingerprint density at radius 3 is 2.73 bits per heavy atom. The quantitative estimate of drug-likeness (QED) is 0.438. The zero-order valence-electron chi connectivity index (χ0n) is 13.4. The van der Waals surface area contributed by atoms with Crippen LogP contribution < -0.4 is 20.1 Å². The van der Waals surface area contributed by atoms with E-state index in [0.717, 1.165) is 18.1 Å². The zero-order chi connectivity index (χ0) is 16.4. The van der Waals surface area contributed by atoms with E-state index in [1.807, 2.05) is 26.0 Å². The molecule has 0 saturated carbocycles. The van der Waals surface area contributed by atoms with Crippen LogP contribution in [0.4, 0.5) is 0 Å². The molecular weight excluding hydrogens is 302 g/mol. The van der Waals surface area contributed by atoms with E-state index >= 15 is 0 Å². The van der Waals surface area contributed by atoms with Gasteiger partial charge in [0.2, 0.25) is 0 Å². The van der Waals surface area contributed by atoms with Crippen molar-refractivity contribution in [2.75, 3.05) is 26.8 Å². The van der Waals surface area contributed by atoms with E-state index in [2.05, 4.69) is 22.2 Å². The third kappa shape index (κ3) is 5.48. The summed E-state index contributed by atoms with van der Waals surface area (Å²) in [4.78, 5) is 4.51. The predicted molar refractivity (Wildman–Crippen MR) is 92.2 cm³/mol. The molecule has 0 aliphatic heterocycles. The van der Waals surface area contributed by atoms with Crippen molar-refractivity contribution in [2.24, 2.45) is 4.99 Å². The molecule has 0 fully saturated rings. The Labute approximate surface area is 137 Å². The highest BCUT2D eigenvalue weighted by Crippen LogP contribution is 2.36. The highest BCUT2D eigenvalue weighted by Gasteiger charge is 2.11. The number of nitrogens with one attached hydrogen (secondary N) is 2. The van der Waals surface area contributed by atoms with Crippen molar-refractivity contribution >= 4 is 17.6 Å². The van der Waals surface area contributed by atoms with E-state index in [4.69, 9.17) is 21.1 Å². The van der Waals surface area contributed by atoms with Gasteiger partial charge in [0, 0.05) is 13.1 Å². The summed E-state index contributed by atoms with van der Waals surface area (Å²) in [5.74, 6) is 1.91. The highest BCUT2D eigenvalue weighted by molar-refractivity contribution is 6.32. The topological polar surface area (TPSA) is 54.9 Å². The number of rotatable bonds is 8. The maximum absolute atomic E-state index is 6.25. The van der Waals surface area contributed by atoms with Gasteiger partial charge in [-0.3, -0.25) is 0 Å². The minimum absolute atomic E-state index is 0.481. The Morgan fingerprint density at radius 2 is 2.14 bits per heavy atom. The van der Waals surface area contributed by atoms with E-state index in [1.165, 1.54) is 0 Å². The van der Waals surface area contributed by atoms with E-state index in [-0.39, 0.29) is 0 Å². The van der Waals surface area contributed by atoms with Crippen molar-refractivity contribution in [3.63, 3.8) is 0 Å². The van der Waals surface area contributed by atoms with E-state index in [0.29, 0.717) is 36.2 Å². The molecule has 0 heterocycles. The summed E-state index contributed by atoms with van der Waals surface area (Å²) in [7, 11) is 1.59. The SMILES string of the molecule is C=CCNC(=NCc1cc(Cl)c(OCC)c(OC)c1)NCC.